The molecule has 0 spiro atoms. The average Bonchev–Trinajstić information content (AvgIpc) is 2.47. The average molecular weight is 445 g/mol. The van der Waals surface area contributed by atoms with Crippen molar-refractivity contribution < 1.29 is 9.53 Å². The molecule has 0 N–H and O–H groups in total. The first-order valence-electron chi connectivity index (χ1n) is 6.34. The van der Waals surface area contributed by atoms with Gasteiger partial charge in [0.1, 0.15) is 5.75 Å². The largest absolute Gasteiger partial charge is 0.494 e. The molecular formula is C16H14BrIO2. The summed E-state index contributed by atoms with van der Waals surface area (Å²) < 4.78 is 7.37. The monoisotopic (exact) mass is 444 g/mol. The Bertz CT molecular complexity index is 608. The number of rotatable bonds is 5. The van der Waals surface area contributed by atoms with Crippen molar-refractivity contribution >= 4 is 44.3 Å². The Hall–Kier alpha value is -0.880. The minimum Gasteiger partial charge on any atom is -0.494 e. The highest BCUT2D eigenvalue weighted by atomic mass is 127. The molecule has 0 radical (unpaired) electrons. The Morgan fingerprint density at radius 2 is 1.90 bits per heavy atom. The van der Waals surface area contributed by atoms with Gasteiger partial charge in [0.25, 0.3) is 0 Å². The highest BCUT2D eigenvalue weighted by Crippen LogP contribution is 2.22. The molecule has 2 nitrogen and oxygen atoms in total. The molecule has 2 rings (SSSR count). The topological polar surface area (TPSA) is 26.3 Å². The first-order chi connectivity index (χ1) is 9.61. The number of benzene rings is 2. The lowest BCUT2D eigenvalue weighted by Gasteiger charge is -2.07. The fourth-order valence-electron chi connectivity index (χ4n) is 1.75. The molecular weight excluding hydrogens is 431 g/mol. The van der Waals surface area contributed by atoms with Gasteiger partial charge in [-0.15, -0.1) is 0 Å². The summed E-state index contributed by atoms with van der Waals surface area (Å²) in [4.78, 5) is 12.5. The Kier molecular flexibility index (Phi) is 5.60. The van der Waals surface area contributed by atoms with Crippen LogP contribution in [0.3, 0.4) is 0 Å². The van der Waals surface area contributed by atoms with Crippen LogP contribution in [0.1, 0.15) is 29.3 Å². The molecule has 2 aromatic carbocycles. The number of carbonyl (C=O) groups is 1. The number of hydrogen-bond donors (Lipinski definition) is 0. The highest BCUT2D eigenvalue weighted by molar-refractivity contribution is 14.1. The predicted molar refractivity (Wildman–Crippen MR) is 92.5 cm³/mol. The van der Waals surface area contributed by atoms with Gasteiger partial charge in [0.2, 0.25) is 0 Å². The Labute approximate surface area is 140 Å². The molecule has 0 saturated heterocycles. The molecule has 0 aromatic heterocycles. The van der Waals surface area contributed by atoms with Gasteiger partial charge in [0.15, 0.2) is 5.78 Å². The minimum absolute atomic E-state index is 0.0257. The van der Waals surface area contributed by atoms with Crippen molar-refractivity contribution in [1.29, 1.82) is 0 Å². The molecule has 0 heterocycles. The molecule has 0 amide bonds. The fraction of sp³-hybridized carbons (Fsp3) is 0.188. The van der Waals surface area contributed by atoms with Crippen LogP contribution < -0.4 is 4.74 Å². The summed E-state index contributed by atoms with van der Waals surface area (Å²) in [5.41, 5.74) is 1.38. The van der Waals surface area contributed by atoms with Gasteiger partial charge in [-0.25, -0.2) is 0 Å². The Morgan fingerprint density at radius 1 is 1.20 bits per heavy atom. The molecule has 0 atom stereocenters. The van der Waals surface area contributed by atoms with Crippen LogP contribution in [0.4, 0.5) is 0 Å². The normalized spacial score (nSPS) is 10.3. The van der Waals surface area contributed by atoms with E-state index >= 15 is 0 Å². The third kappa shape index (κ3) is 3.82. The minimum atomic E-state index is 0.0257. The second kappa shape index (κ2) is 7.22. The number of halogens is 2. The molecule has 4 heteroatoms. The zero-order chi connectivity index (χ0) is 14.5. The second-order valence-corrected chi connectivity index (χ2v) is 6.40. The van der Waals surface area contributed by atoms with E-state index in [0.717, 1.165) is 20.2 Å². The van der Waals surface area contributed by atoms with Crippen LogP contribution in [-0.4, -0.2) is 12.4 Å². The molecule has 2 aromatic rings. The first kappa shape index (κ1) is 15.5. The molecule has 0 aliphatic heterocycles. The summed E-state index contributed by atoms with van der Waals surface area (Å²) in [7, 11) is 0. The summed E-state index contributed by atoms with van der Waals surface area (Å²) in [5.74, 6) is 0.824. The van der Waals surface area contributed by atoms with Gasteiger partial charge >= 0.3 is 0 Å². The molecule has 0 bridgehead atoms. The van der Waals surface area contributed by atoms with Gasteiger partial charge < -0.3 is 4.74 Å². The smallest absolute Gasteiger partial charge is 0.194 e. The summed E-state index contributed by atoms with van der Waals surface area (Å²) in [6.07, 6.45) is 0.969. The Balaban J connectivity index is 2.22. The fourth-order valence-corrected chi connectivity index (χ4v) is 2.69. The SMILES string of the molecule is CCCOc1ccc(C(=O)c2cc(Br)ccc2I)cc1. The van der Waals surface area contributed by atoms with E-state index in [1.807, 2.05) is 42.5 Å². The first-order valence-corrected chi connectivity index (χ1v) is 8.21. The second-order valence-electron chi connectivity index (χ2n) is 4.33. The van der Waals surface area contributed by atoms with Crippen LogP contribution >= 0.6 is 38.5 Å². The van der Waals surface area contributed by atoms with Crippen molar-refractivity contribution in [3.63, 3.8) is 0 Å². The maximum atomic E-state index is 12.5. The standard InChI is InChI=1S/C16H14BrIO2/c1-2-9-20-13-6-3-11(4-7-13)16(19)14-10-12(17)5-8-15(14)18/h3-8,10H,2,9H2,1H3. The van der Waals surface area contributed by atoms with Gasteiger partial charge in [0, 0.05) is 19.2 Å². The molecule has 0 aliphatic rings. The van der Waals surface area contributed by atoms with E-state index in [0.29, 0.717) is 17.7 Å². The Morgan fingerprint density at radius 3 is 2.55 bits per heavy atom. The molecule has 20 heavy (non-hydrogen) atoms. The molecule has 0 unspecified atom stereocenters. The van der Waals surface area contributed by atoms with E-state index in [1.165, 1.54) is 0 Å². The third-order valence-corrected chi connectivity index (χ3v) is 4.20. The molecule has 0 saturated carbocycles. The van der Waals surface area contributed by atoms with E-state index < -0.39 is 0 Å². The summed E-state index contributed by atoms with van der Waals surface area (Å²) >= 11 is 5.58. The van der Waals surface area contributed by atoms with E-state index in [-0.39, 0.29) is 5.78 Å². The zero-order valence-corrected chi connectivity index (χ0v) is 14.8. The number of ketones is 1. The highest BCUT2D eigenvalue weighted by Gasteiger charge is 2.13. The number of hydrogen-bond acceptors (Lipinski definition) is 2. The molecule has 0 fully saturated rings. The van der Waals surface area contributed by atoms with Crippen molar-refractivity contribution in [3.8, 4) is 5.75 Å². The van der Waals surface area contributed by atoms with Crippen LogP contribution in [-0.2, 0) is 0 Å². The lowest BCUT2D eigenvalue weighted by atomic mass is 10.0. The van der Waals surface area contributed by atoms with Crippen LogP contribution in [0, 0.1) is 3.57 Å². The van der Waals surface area contributed by atoms with Gasteiger partial charge in [-0.3, -0.25) is 4.79 Å². The van der Waals surface area contributed by atoms with Crippen LogP contribution in [0.15, 0.2) is 46.9 Å². The van der Waals surface area contributed by atoms with Crippen LogP contribution in [0.5, 0.6) is 5.75 Å². The van der Waals surface area contributed by atoms with Crippen molar-refractivity contribution in [2.24, 2.45) is 0 Å². The van der Waals surface area contributed by atoms with Crippen molar-refractivity contribution in [2.45, 2.75) is 13.3 Å². The quantitative estimate of drug-likeness (QED) is 0.475. The van der Waals surface area contributed by atoms with Gasteiger partial charge in [-0.05, 0) is 71.5 Å². The summed E-state index contributed by atoms with van der Waals surface area (Å²) in [6, 6.07) is 13.0. The summed E-state index contributed by atoms with van der Waals surface area (Å²) in [6.45, 7) is 2.75. The van der Waals surface area contributed by atoms with Gasteiger partial charge in [0.05, 0.1) is 6.61 Å². The molecule has 104 valence electrons. The van der Waals surface area contributed by atoms with Crippen molar-refractivity contribution in [1.82, 2.24) is 0 Å². The number of ether oxygens (including phenoxy) is 1. The van der Waals surface area contributed by atoms with Gasteiger partial charge in [-0.2, -0.15) is 0 Å². The van der Waals surface area contributed by atoms with E-state index in [1.54, 1.807) is 0 Å². The predicted octanol–water partition coefficient (Wildman–Crippen LogP) is 5.07. The van der Waals surface area contributed by atoms with Crippen LogP contribution in [0.25, 0.3) is 0 Å². The van der Waals surface area contributed by atoms with Crippen LogP contribution in [0.2, 0.25) is 0 Å². The lowest BCUT2D eigenvalue weighted by Crippen LogP contribution is -2.04. The third-order valence-electron chi connectivity index (χ3n) is 2.76. The van der Waals surface area contributed by atoms with Crippen molar-refractivity contribution in [2.75, 3.05) is 6.61 Å². The maximum Gasteiger partial charge on any atom is 0.194 e. The maximum absolute atomic E-state index is 12.5. The van der Waals surface area contributed by atoms with Crippen molar-refractivity contribution in [3.05, 3.63) is 61.6 Å². The van der Waals surface area contributed by atoms with E-state index in [4.69, 9.17) is 4.74 Å². The van der Waals surface area contributed by atoms with Gasteiger partial charge in [-0.1, -0.05) is 22.9 Å². The van der Waals surface area contributed by atoms with E-state index in [9.17, 15) is 4.79 Å². The number of carbonyl (C=O) groups excluding carboxylic acids is 1. The zero-order valence-electron chi connectivity index (χ0n) is 11.0. The van der Waals surface area contributed by atoms with E-state index in [2.05, 4.69) is 45.4 Å². The summed E-state index contributed by atoms with van der Waals surface area (Å²) in [5, 5.41) is 0. The lowest BCUT2D eigenvalue weighted by molar-refractivity contribution is 0.103. The molecule has 0 aliphatic carbocycles.